The van der Waals surface area contributed by atoms with Crippen LogP contribution in [0.1, 0.15) is 36.4 Å². The third-order valence-electron chi connectivity index (χ3n) is 3.73. The Morgan fingerprint density at radius 3 is 2.57 bits per heavy atom. The van der Waals surface area contributed by atoms with Gasteiger partial charge in [-0.1, -0.05) is 12.1 Å². The molecule has 1 aliphatic rings. The number of ether oxygens (including phenoxy) is 2. The number of benzene rings is 1. The van der Waals surface area contributed by atoms with Crippen molar-refractivity contribution in [3.63, 3.8) is 0 Å². The normalized spacial score (nSPS) is 15.6. The molecule has 23 heavy (non-hydrogen) atoms. The predicted octanol–water partition coefficient (Wildman–Crippen LogP) is 3.64. The van der Waals surface area contributed by atoms with Crippen molar-refractivity contribution in [3.8, 4) is 11.5 Å². The Labute approximate surface area is 139 Å². The summed E-state index contributed by atoms with van der Waals surface area (Å²) in [6.45, 7) is 5.04. The first-order chi connectivity index (χ1) is 11.1. The highest BCUT2D eigenvalue weighted by atomic mass is 32.1. The molecule has 1 aromatic heterocycles. The first kappa shape index (κ1) is 15.7. The Hall–Kier alpha value is -2.21. The minimum atomic E-state index is -0.187. The topological polar surface area (TPSA) is 59.6 Å². The summed E-state index contributed by atoms with van der Waals surface area (Å²) < 4.78 is 11.1. The molecule has 5 nitrogen and oxygen atoms in total. The number of amides is 2. The summed E-state index contributed by atoms with van der Waals surface area (Å²) in [6.07, 6.45) is 0. The number of urea groups is 1. The van der Waals surface area contributed by atoms with Crippen LogP contribution in [-0.2, 0) is 0 Å². The molecule has 1 aliphatic heterocycles. The van der Waals surface area contributed by atoms with Crippen molar-refractivity contribution in [2.75, 3.05) is 13.2 Å². The van der Waals surface area contributed by atoms with Gasteiger partial charge in [0, 0.05) is 4.88 Å². The molecular formula is C17H20N2O3S. The second-order valence-corrected chi connectivity index (χ2v) is 6.46. The molecule has 0 aliphatic carbocycles. The molecule has 2 heterocycles. The van der Waals surface area contributed by atoms with E-state index in [2.05, 4.69) is 10.6 Å². The van der Waals surface area contributed by atoms with Crippen LogP contribution < -0.4 is 20.1 Å². The Balaban J connectivity index is 1.60. The summed E-state index contributed by atoms with van der Waals surface area (Å²) >= 11 is 1.63. The van der Waals surface area contributed by atoms with Crippen molar-refractivity contribution in [3.05, 3.63) is 46.2 Å². The highest BCUT2D eigenvalue weighted by Gasteiger charge is 2.17. The monoisotopic (exact) mass is 332 g/mol. The van der Waals surface area contributed by atoms with Gasteiger partial charge in [0.15, 0.2) is 11.5 Å². The van der Waals surface area contributed by atoms with Crippen LogP contribution in [0, 0.1) is 0 Å². The van der Waals surface area contributed by atoms with E-state index in [1.54, 1.807) is 11.3 Å². The van der Waals surface area contributed by atoms with E-state index in [-0.39, 0.29) is 18.1 Å². The molecule has 122 valence electrons. The van der Waals surface area contributed by atoms with Gasteiger partial charge in [-0.15, -0.1) is 11.3 Å². The van der Waals surface area contributed by atoms with Gasteiger partial charge in [0.2, 0.25) is 0 Å². The molecule has 1 aromatic carbocycles. The Bertz CT molecular complexity index is 672. The van der Waals surface area contributed by atoms with Crippen LogP contribution >= 0.6 is 11.3 Å². The molecule has 0 bridgehead atoms. The summed E-state index contributed by atoms with van der Waals surface area (Å²) in [6, 6.07) is 9.42. The van der Waals surface area contributed by atoms with E-state index in [0.29, 0.717) is 13.2 Å². The Morgan fingerprint density at radius 2 is 1.83 bits per heavy atom. The summed E-state index contributed by atoms with van der Waals surface area (Å²) in [5.74, 6) is 1.48. The van der Waals surface area contributed by atoms with Gasteiger partial charge in [-0.3, -0.25) is 0 Å². The van der Waals surface area contributed by atoms with Gasteiger partial charge in [0.05, 0.1) is 12.1 Å². The summed E-state index contributed by atoms with van der Waals surface area (Å²) in [7, 11) is 0. The number of hydrogen-bond acceptors (Lipinski definition) is 4. The minimum Gasteiger partial charge on any atom is -0.486 e. The molecular weight excluding hydrogens is 312 g/mol. The van der Waals surface area contributed by atoms with E-state index >= 15 is 0 Å². The van der Waals surface area contributed by atoms with Crippen molar-refractivity contribution in [2.45, 2.75) is 25.9 Å². The lowest BCUT2D eigenvalue weighted by atomic mass is 10.1. The van der Waals surface area contributed by atoms with E-state index < -0.39 is 0 Å². The second kappa shape index (κ2) is 6.91. The average Bonchev–Trinajstić information content (AvgIpc) is 3.08. The fraction of sp³-hybridized carbons (Fsp3) is 0.353. The van der Waals surface area contributed by atoms with Crippen LogP contribution in [0.4, 0.5) is 4.79 Å². The van der Waals surface area contributed by atoms with Gasteiger partial charge in [0.25, 0.3) is 0 Å². The van der Waals surface area contributed by atoms with Crippen molar-refractivity contribution < 1.29 is 14.3 Å². The summed E-state index contributed by atoms with van der Waals surface area (Å²) in [4.78, 5) is 13.3. The highest BCUT2D eigenvalue weighted by molar-refractivity contribution is 7.10. The first-order valence-electron chi connectivity index (χ1n) is 7.63. The number of carbonyl (C=O) groups excluding carboxylic acids is 1. The summed E-state index contributed by atoms with van der Waals surface area (Å²) in [5.41, 5.74) is 0.980. The number of thiophene rings is 1. The van der Waals surface area contributed by atoms with Gasteiger partial charge in [-0.2, -0.15) is 0 Å². The van der Waals surface area contributed by atoms with E-state index in [0.717, 1.165) is 21.9 Å². The maximum absolute atomic E-state index is 12.1. The standard InChI is InChI=1S/C17H20N2O3S/c1-11(13-5-6-14-15(10-13)22-8-7-21-14)18-17(20)19-12(2)16-4-3-9-23-16/h3-6,9-12H,7-8H2,1-2H3,(H2,18,19,20)/t11-,12+/m0/s1. The zero-order chi connectivity index (χ0) is 16.2. The fourth-order valence-corrected chi connectivity index (χ4v) is 3.19. The molecule has 0 fully saturated rings. The van der Waals surface area contributed by atoms with Crippen molar-refractivity contribution in [1.82, 2.24) is 10.6 Å². The molecule has 0 unspecified atom stereocenters. The largest absolute Gasteiger partial charge is 0.486 e. The third kappa shape index (κ3) is 3.76. The Kier molecular flexibility index (Phi) is 4.71. The zero-order valence-electron chi connectivity index (χ0n) is 13.2. The number of nitrogens with one attached hydrogen (secondary N) is 2. The molecule has 0 saturated carbocycles. The lowest BCUT2D eigenvalue weighted by Crippen LogP contribution is -2.38. The number of carbonyl (C=O) groups is 1. The molecule has 6 heteroatoms. The molecule has 2 amide bonds. The molecule has 2 aromatic rings. The number of hydrogen-bond donors (Lipinski definition) is 2. The van der Waals surface area contributed by atoms with E-state index in [1.807, 2.05) is 49.6 Å². The van der Waals surface area contributed by atoms with Gasteiger partial charge in [0.1, 0.15) is 13.2 Å². The average molecular weight is 332 g/mol. The highest BCUT2D eigenvalue weighted by Crippen LogP contribution is 2.32. The van der Waals surface area contributed by atoms with Crippen LogP contribution in [0.15, 0.2) is 35.7 Å². The van der Waals surface area contributed by atoms with Crippen LogP contribution in [0.25, 0.3) is 0 Å². The van der Waals surface area contributed by atoms with Gasteiger partial charge >= 0.3 is 6.03 Å². The first-order valence-corrected chi connectivity index (χ1v) is 8.51. The lowest BCUT2D eigenvalue weighted by Gasteiger charge is -2.21. The lowest BCUT2D eigenvalue weighted by molar-refractivity contribution is 0.171. The molecule has 2 atom stereocenters. The third-order valence-corrected chi connectivity index (χ3v) is 4.79. The Morgan fingerprint density at radius 1 is 1.09 bits per heavy atom. The van der Waals surface area contributed by atoms with Crippen molar-refractivity contribution in [1.29, 1.82) is 0 Å². The van der Waals surface area contributed by atoms with Gasteiger partial charge < -0.3 is 20.1 Å². The van der Waals surface area contributed by atoms with Crippen LogP contribution in [0.3, 0.4) is 0 Å². The van der Waals surface area contributed by atoms with Crippen molar-refractivity contribution >= 4 is 17.4 Å². The zero-order valence-corrected chi connectivity index (χ0v) is 14.0. The van der Waals surface area contributed by atoms with Crippen LogP contribution in [0.5, 0.6) is 11.5 Å². The van der Waals surface area contributed by atoms with Gasteiger partial charge in [-0.05, 0) is 43.0 Å². The predicted molar refractivity (Wildman–Crippen MR) is 90.2 cm³/mol. The molecule has 3 rings (SSSR count). The smallest absolute Gasteiger partial charge is 0.315 e. The number of rotatable bonds is 4. The summed E-state index contributed by atoms with van der Waals surface area (Å²) in [5, 5.41) is 7.91. The quantitative estimate of drug-likeness (QED) is 0.898. The molecule has 2 N–H and O–H groups in total. The minimum absolute atomic E-state index is 0.0116. The second-order valence-electron chi connectivity index (χ2n) is 5.48. The molecule has 0 saturated heterocycles. The maximum atomic E-state index is 12.1. The van der Waals surface area contributed by atoms with Crippen LogP contribution in [-0.4, -0.2) is 19.2 Å². The maximum Gasteiger partial charge on any atom is 0.315 e. The SMILES string of the molecule is C[C@H](NC(=O)N[C@H](C)c1cccs1)c1ccc2c(c1)OCCO2. The molecule has 0 radical (unpaired) electrons. The van der Waals surface area contributed by atoms with Gasteiger partial charge in [-0.25, -0.2) is 4.79 Å². The fourth-order valence-electron chi connectivity index (χ4n) is 2.46. The van der Waals surface area contributed by atoms with E-state index in [1.165, 1.54) is 0 Å². The van der Waals surface area contributed by atoms with E-state index in [4.69, 9.17) is 9.47 Å². The van der Waals surface area contributed by atoms with Crippen molar-refractivity contribution in [2.24, 2.45) is 0 Å². The number of fused-ring (bicyclic) bond motifs is 1. The van der Waals surface area contributed by atoms with E-state index in [9.17, 15) is 4.79 Å². The molecule has 0 spiro atoms. The van der Waals surface area contributed by atoms with Crippen LogP contribution in [0.2, 0.25) is 0 Å².